The molecule has 10 nitrogen and oxygen atoms in total. The van der Waals surface area contributed by atoms with Crippen molar-refractivity contribution in [2.24, 2.45) is 0 Å². The van der Waals surface area contributed by atoms with Gasteiger partial charge in [-0.05, 0) is 49.2 Å². The van der Waals surface area contributed by atoms with Crippen molar-refractivity contribution < 1.29 is 22.7 Å². The number of nitrogens with zero attached hydrogens (tertiary/aromatic N) is 5. The second-order valence-corrected chi connectivity index (χ2v) is 12.7. The van der Waals surface area contributed by atoms with Crippen LogP contribution in [0.1, 0.15) is 33.6 Å². The van der Waals surface area contributed by atoms with Gasteiger partial charge in [-0.15, -0.1) is 10.2 Å². The quantitative estimate of drug-likeness (QED) is 0.144. The predicted octanol–water partition coefficient (Wildman–Crippen LogP) is 4.36. The number of thioether (sulfide) groups is 1. The molecule has 0 unspecified atom stereocenters. The summed E-state index contributed by atoms with van der Waals surface area (Å²) in [7, 11) is 0.926. The lowest BCUT2D eigenvalue weighted by molar-refractivity contribution is 0.0652. The third-order valence-electron chi connectivity index (χ3n) is 6.70. The van der Waals surface area contributed by atoms with Gasteiger partial charge in [-0.2, -0.15) is 0 Å². The van der Waals surface area contributed by atoms with E-state index in [1.807, 2.05) is 28.8 Å². The molecule has 0 radical (unpaired) electrons. The van der Waals surface area contributed by atoms with Gasteiger partial charge in [-0.1, -0.05) is 42.1 Å². The summed E-state index contributed by atoms with van der Waals surface area (Å²) in [5.41, 5.74) is 2.26. The lowest BCUT2D eigenvalue weighted by Gasteiger charge is -2.14. The van der Waals surface area contributed by atoms with E-state index in [-0.39, 0.29) is 16.7 Å². The smallest absolute Gasteiger partial charge is 0.261 e. The number of rotatable bonds is 11. The molecule has 0 atom stereocenters. The average Bonchev–Trinajstić information content (AvgIpc) is 3.52. The number of amides is 2. The van der Waals surface area contributed by atoms with Crippen molar-refractivity contribution in [3.8, 4) is 22.8 Å². The number of sulfonamides is 1. The molecular weight excluding hydrogens is 562 g/mol. The van der Waals surface area contributed by atoms with Crippen LogP contribution in [-0.4, -0.2) is 77.7 Å². The molecule has 0 bridgehead atoms. The molecule has 1 aliphatic rings. The Morgan fingerprint density at radius 3 is 2.27 bits per heavy atom. The van der Waals surface area contributed by atoms with Gasteiger partial charge in [0.15, 0.2) is 11.0 Å². The van der Waals surface area contributed by atoms with E-state index in [1.54, 1.807) is 55.6 Å². The summed E-state index contributed by atoms with van der Waals surface area (Å²) in [5, 5.41) is 9.49. The molecule has 0 aliphatic carbocycles. The Bertz CT molecular complexity index is 1680. The minimum Gasteiger partial charge on any atom is -0.497 e. The maximum absolute atomic E-state index is 12.8. The number of ether oxygens (including phenoxy) is 1. The number of aromatic nitrogens is 3. The number of hydrogen-bond donors (Lipinski definition) is 0. The van der Waals surface area contributed by atoms with Gasteiger partial charge in [0.1, 0.15) is 5.75 Å². The first kappa shape index (κ1) is 28.5. The average molecular weight is 592 g/mol. The normalized spacial score (nSPS) is 13.2. The molecule has 1 aliphatic heterocycles. The topological polar surface area (TPSA) is 115 Å². The Balaban J connectivity index is 1.35. The van der Waals surface area contributed by atoms with Crippen molar-refractivity contribution in [3.05, 3.63) is 83.9 Å². The first-order valence-corrected chi connectivity index (χ1v) is 15.4. The van der Waals surface area contributed by atoms with Gasteiger partial charge in [0.2, 0.25) is 10.0 Å². The lowest BCUT2D eigenvalue weighted by Crippen LogP contribution is -2.30. The summed E-state index contributed by atoms with van der Waals surface area (Å²) in [5.74, 6) is 1.31. The summed E-state index contributed by atoms with van der Waals surface area (Å²) < 4.78 is 34.0. The second-order valence-electron chi connectivity index (χ2n) is 9.52. The molecule has 3 aromatic carbocycles. The number of hydrogen-bond acceptors (Lipinski definition) is 8. The van der Waals surface area contributed by atoms with Crippen LogP contribution in [0.15, 0.2) is 82.8 Å². The van der Waals surface area contributed by atoms with Gasteiger partial charge in [-0.3, -0.25) is 19.1 Å². The summed E-state index contributed by atoms with van der Waals surface area (Å²) in [6.07, 6.45) is 1.37. The van der Waals surface area contributed by atoms with Gasteiger partial charge in [0, 0.05) is 38.0 Å². The standard InChI is InChI=1S/C29H29N5O5S2/c1-32(2)41(37,38)23-13-8-10-20(18-23)26-30-31-29(34(26)21-11-9-12-22(19-21)39-3)40-17-7-6-16-33-27(35)24-14-4-5-15-25(24)28(33)36/h4-5,8-15,18-19H,6-7,16-17H2,1-3H3. The van der Waals surface area contributed by atoms with E-state index in [0.717, 1.165) is 12.1 Å². The molecule has 0 spiro atoms. The highest BCUT2D eigenvalue weighted by molar-refractivity contribution is 7.99. The molecular formula is C29H29N5O5S2. The summed E-state index contributed by atoms with van der Waals surface area (Å²) in [6.45, 7) is 0.341. The maximum Gasteiger partial charge on any atom is 0.261 e. The molecule has 0 saturated heterocycles. The third kappa shape index (κ3) is 5.63. The third-order valence-corrected chi connectivity index (χ3v) is 9.53. The van der Waals surface area contributed by atoms with Crippen molar-refractivity contribution in [2.75, 3.05) is 33.5 Å². The number of imide groups is 1. The molecule has 41 heavy (non-hydrogen) atoms. The molecule has 1 aromatic heterocycles. The van der Waals surface area contributed by atoms with E-state index in [0.29, 0.717) is 52.1 Å². The molecule has 12 heteroatoms. The number of benzene rings is 3. The first-order chi connectivity index (χ1) is 19.7. The van der Waals surface area contributed by atoms with Crippen LogP contribution in [0, 0.1) is 0 Å². The van der Waals surface area contributed by atoms with Crippen molar-refractivity contribution in [2.45, 2.75) is 22.9 Å². The summed E-state index contributed by atoms with van der Waals surface area (Å²) >= 11 is 1.49. The Labute approximate surface area is 243 Å². The van der Waals surface area contributed by atoms with Gasteiger partial charge in [0.25, 0.3) is 11.8 Å². The number of fused-ring (bicyclic) bond motifs is 1. The molecule has 2 amide bonds. The van der Waals surface area contributed by atoms with E-state index >= 15 is 0 Å². The molecule has 0 saturated carbocycles. The monoisotopic (exact) mass is 591 g/mol. The van der Waals surface area contributed by atoms with Crippen LogP contribution in [0.3, 0.4) is 0 Å². The Hall–Kier alpha value is -4.00. The van der Waals surface area contributed by atoms with E-state index in [2.05, 4.69) is 10.2 Å². The molecule has 5 rings (SSSR count). The summed E-state index contributed by atoms with van der Waals surface area (Å²) in [6, 6.07) is 21.0. The zero-order valence-corrected chi connectivity index (χ0v) is 24.5. The Kier molecular flexibility index (Phi) is 8.25. The highest BCUT2D eigenvalue weighted by atomic mass is 32.2. The fraction of sp³-hybridized carbons (Fsp3) is 0.241. The summed E-state index contributed by atoms with van der Waals surface area (Å²) in [4.78, 5) is 26.7. The number of carbonyl (C=O) groups is 2. The molecule has 212 valence electrons. The number of methoxy groups -OCH3 is 1. The fourth-order valence-corrected chi connectivity index (χ4v) is 6.42. The highest BCUT2D eigenvalue weighted by Crippen LogP contribution is 2.31. The van der Waals surface area contributed by atoms with Crippen LogP contribution in [0.2, 0.25) is 0 Å². The Morgan fingerprint density at radius 1 is 0.878 bits per heavy atom. The van der Waals surface area contributed by atoms with Gasteiger partial charge >= 0.3 is 0 Å². The number of carbonyl (C=O) groups excluding carboxylic acids is 2. The second kappa shape index (κ2) is 11.9. The maximum atomic E-state index is 12.8. The number of unbranched alkanes of at least 4 members (excludes halogenated alkanes) is 1. The lowest BCUT2D eigenvalue weighted by atomic mass is 10.1. The SMILES string of the molecule is COc1cccc(-n2c(SCCCCN3C(=O)c4ccccc4C3=O)nnc2-c2cccc(S(=O)(=O)N(C)C)c2)c1. The van der Waals surface area contributed by atoms with E-state index in [1.165, 1.54) is 35.1 Å². The highest BCUT2D eigenvalue weighted by Gasteiger charge is 2.34. The first-order valence-electron chi connectivity index (χ1n) is 12.9. The van der Waals surface area contributed by atoms with Crippen LogP contribution in [-0.2, 0) is 10.0 Å². The van der Waals surface area contributed by atoms with Gasteiger partial charge < -0.3 is 4.74 Å². The van der Waals surface area contributed by atoms with E-state index in [4.69, 9.17) is 4.74 Å². The van der Waals surface area contributed by atoms with Crippen molar-refractivity contribution in [3.63, 3.8) is 0 Å². The minimum absolute atomic E-state index is 0.155. The Morgan fingerprint density at radius 2 is 1.59 bits per heavy atom. The molecule has 2 heterocycles. The molecule has 0 fully saturated rings. The van der Waals surface area contributed by atoms with Crippen LogP contribution in [0.4, 0.5) is 0 Å². The zero-order valence-electron chi connectivity index (χ0n) is 22.9. The largest absolute Gasteiger partial charge is 0.497 e. The fourth-order valence-electron chi connectivity index (χ4n) is 4.52. The van der Waals surface area contributed by atoms with Crippen molar-refractivity contribution in [1.29, 1.82) is 0 Å². The van der Waals surface area contributed by atoms with Crippen LogP contribution in [0.5, 0.6) is 5.75 Å². The minimum atomic E-state index is -3.64. The van der Waals surface area contributed by atoms with Crippen molar-refractivity contribution in [1.82, 2.24) is 24.0 Å². The zero-order chi connectivity index (χ0) is 29.1. The molecule has 0 N–H and O–H groups in total. The predicted molar refractivity (Wildman–Crippen MR) is 156 cm³/mol. The van der Waals surface area contributed by atoms with Crippen LogP contribution < -0.4 is 4.74 Å². The van der Waals surface area contributed by atoms with Gasteiger partial charge in [-0.25, -0.2) is 12.7 Å². The van der Waals surface area contributed by atoms with Crippen LogP contribution in [0.25, 0.3) is 17.1 Å². The molecule has 4 aromatic rings. The van der Waals surface area contributed by atoms with Crippen molar-refractivity contribution >= 4 is 33.6 Å². The van der Waals surface area contributed by atoms with E-state index in [9.17, 15) is 18.0 Å². The van der Waals surface area contributed by atoms with Crippen LogP contribution >= 0.6 is 11.8 Å². The van der Waals surface area contributed by atoms with E-state index < -0.39 is 10.0 Å². The van der Waals surface area contributed by atoms with Gasteiger partial charge in [0.05, 0.1) is 28.8 Å².